The summed E-state index contributed by atoms with van der Waals surface area (Å²) in [6.45, 7) is 1.87. The van der Waals surface area contributed by atoms with Crippen LogP contribution in [0.15, 0.2) is 40.9 Å². The fraction of sp³-hybridized carbons (Fsp3) is 0.0714. The Bertz CT molecular complexity index is 645. The van der Waals surface area contributed by atoms with Crippen molar-refractivity contribution in [3.05, 3.63) is 61.4 Å². The van der Waals surface area contributed by atoms with Gasteiger partial charge in [-0.05, 0) is 65.4 Å². The van der Waals surface area contributed by atoms with Crippen LogP contribution < -0.4 is 5.32 Å². The highest BCUT2D eigenvalue weighted by Crippen LogP contribution is 2.23. The Balaban J connectivity index is 2.28. The average Bonchev–Trinajstić information content (AvgIpc) is 2.36. The van der Waals surface area contributed by atoms with Crippen LogP contribution in [0.3, 0.4) is 0 Å². The number of rotatable bonds is 2. The standard InChI is InChI=1S/C14H10BrFINO/c1-8-10(3-2-4-11(8)15)14(19)18-13-6-5-9(16)7-12(13)17/h2-7H,1H3,(H,18,19). The monoisotopic (exact) mass is 433 g/mol. The van der Waals surface area contributed by atoms with Crippen LogP contribution in [0.2, 0.25) is 0 Å². The van der Waals surface area contributed by atoms with Gasteiger partial charge in [-0.15, -0.1) is 0 Å². The molecule has 0 saturated heterocycles. The normalized spacial score (nSPS) is 10.3. The highest BCUT2D eigenvalue weighted by Gasteiger charge is 2.12. The highest BCUT2D eigenvalue weighted by atomic mass is 127. The smallest absolute Gasteiger partial charge is 0.255 e. The number of halogens is 3. The molecule has 5 heteroatoms. The van der Waals surface area contributed by atoms with E-state index in [2.05, 4.69) is 21.2 Å². The Hall–Kier alpha value is -0.950. The third-order valence-electron chi connectivity index (χ3n) is 2.69. The number of amides is 1. The van der Waals surface area contributed by atoms with Crippen LogP contribution >= 0.6 is 38.5 Å². The first kappa shape index (κ1) is 14.5. The third kappa shape index (κ3) is 3.33. The van der Waals surface area contributed by atoms with E-state index in [-0.39, 0.29) is 11.7 Å². The van der Waals surface area contributed by atoms with E-state index in [0.717, 1.165) is 10.0 Å². The van der Waals surface area contributed by atoms with Crippen molar-refractivity contribution in [2.24, 2.45) is 0 Å². The number of hydrogen-bond donors (Lipinski definition) is 1. The minimum absolute atomic E-state index is 0.205. The van der Waals surface area contributed by atoms with E-state index in [9.17, 15) is 9.18 Å². The van der Waals surface area contributed by atoms with Crippen molar-refractivity contribution in [3.63, 3.8) is 0 Å². The molecule has 2 nitrogen and oxygen atoms in total. The van der Waals surface area contributed by atoms with Gasteiger partial charge in [0.15, 0.2) is 0 Å². The van der Waals surface area contributed by atoms with Crippen molar-refractivity contribution < 1.29 is 9.18 Å². The number of carbonyl (C=O) groups is 1. The van der Waals surface area contributed by atoms with Gasteiger partial charge in [0.2, 0.25) is 0 Å². The number of nitrogens with one attached hydrogen (secondary N) is 1. The molecule has 0 heterocycles. The van der Waals surface area contributed by atoms with E-state index in [4.69, 9.17) is 0 Å². The second-order valence-electron chi connectivity index (χ2n) is 3.99. The van der Waals surface area contributed by atoms with Crippen LogP contribution in [-0.4, -0.2) is 5.91 Å². The lowest BCUT2D eigenvalue weighted by atomic mass is 10.1. The molecular formula is C14H10BrFINO. The summed E-state index contributed by atoms with van der Waals surface area (Å²) in [6, 6.07) is 9.71. The summed E-state index contributed by atoms with van der Waals surface area (Å²) in [7, 11) is 0. The fourth-order valence-corrected chi connectivity index (χ4v) is 2.61. The van der Waals surface area contributed by atoms with Gasteiger partial charge in [0.1, 0.15) is 5.82 Å². The van der Waals surface area contributed by atoms with Gasteiger partial charge in [-0.25, -0.2) is 4.39 Å². The molecule has 0 radical (unpaired) electrons. The first-order valence-corrected chi connectivity index (χ1v) is 7.37. The molecule has 0 saturated carbocycles. The van der Waals surface area contributed by atoms with Gasteiger partial charge in [0.05, 0.1) is 5.69 Å². The van der Waals surface area contributed by atoms with Gasteiger partial charge in [-0.2, -0.15) is 0 Å². The first-order chi connectivity index (χ1) is 8.99. The molecule has 98 valence electrons. The number of hydrogen-bond acceptors (Lipinski definition) is 1. The van der Waals surface area contributed by atoms with E-state index in [1.165, 1.54) is 12.1 Å². The molecule has 0 unspecified atom stereocenters. The van der Waals surface area contributed by atoms with E-state index in [1.54, 1.807) is 12.1 Å². The fourth-order valence-electron chi connectivity index (χ4n) is 1.63. The highest BCUT2D eigenvalue weighted by molar-refractivity contribution is 14.1. The lowest BCUT2D eigenvalue weighted by Gasteiger charge is -2.10. The summed E-state index contributed by atoms with van der Waals surface area (Å²) < 4.78 is 14.5. The quantitative estimate of drug-likeness (QED) is 0.680. The van der Waals surface area contributed by atoms with Crippen LogP contribution in [0.1, 0.15) is 15.9 Å². The SMILES string of the molecule is Cc1c(Br)cccc1C(=O)Nc1ccc(F)cc1I. The zero-order valence-corrected chi connectivity index (χ0v) is 13.7. The molecule has 0 aromatic heterocycles. The Kier molecular flexibility index (Phi) is 4.57. The van der Waals surface area contributed by atoms with Crippen molar-refractivity contribution in [2.75, 3.05) is 5.32 Å². The summed E-state index contributed by atoms with van der Waals surface area (Å²) >= 11 is 5.38. The van der Waals surface area contributed by atoms with Crippen LogP contribution in [0.25, 0.3) is 0 Å². The second-order valence-corrected chi connectivity index (χ2v) is 6.01. The Morgan fingerprint density at radius 2 is 2.05 bits per heavy atom. The summed E-state index contributed by atoms with van der Waals surface area (Å²) in [5.41, 5.74) is 2.07. The van der Waals surface area contributed by atoms with Crippen molar-refractivity contribution in [1.29, 1.82) is 0 Å². The van der Waals surface area contributed by atoms with Crippen molar-refractivity contribution in [3.8, 4) is 0 Å². The van der Waals surface area contributed by atoms with E-state index >= 15 is 0 Å². The lowest BCUT2D eigenvalue weighted by Crippen LogP contribution is -2.14. The molecule has 0 aliphatic carbocycles. The lowest BCUT2D eigenvalue weighted by molar-refractivity contribution is 0.102. The summed E-state index contributed by atoms with van der Waals surface area (Å²) in [5.74, 6) is -0.524. The molecule has 0 bridgehead atoms. The molecule has 0 fully saturated rings. The predicted molar refractivity (Wildman–Crippen MR) is 85.9 cm³/mol. The molecule has 2 aromatic rings. The third-order valence-corrected chi connectivity index (χ3v) is 4.44. The minimum Gasteiger partial charge on any atom is -0.321 e. The number of anilines is 1. The second kappa shape index (κ2) is 6.00. The number of carbonyl (C=O) groups excluding carboxylic acids is 1. The largest absolute Gasteiger partial charge is 0.321 e. The van der Waals surface area contributed by atoms with Gasteiger partial charge in [-0.3, -0.25) is 4.79 Å². The van der Waals surface area contributed by atoms with E-state index in [0.29, 0.717) is 14.8 Å². The van der Waals surface area contributed by atoms with Gasteiger partial charge in [0.25, 0.3) is 5.91 Å². The maximum Gasteiger partial charge on any atom is 0.255 e. The van der Waals surface area contributed by atoms with Crippen molar-refractivity contribution in [1.82, 2.24) is 0 Å². The molecule has 2 aromatic carbocycles. The molecule has 2 rings (SSSR count). The molecule has 0 aliphatic rings. The molecule has 0 atom stereocenters. The maximum absolute atomic E-state index is 13.0. The Morgan fingerprint density at radius 3 is 2.74 bits per heavy atom. The first-order valence-electron chi connectivity index (χ1n) is 5.50. The zero-order valence-electron chi connectivity index (χ0n) is 10.0. The molecule has 0 aliphatic heterocycles. The average molecular weight is 434 g/mol. The zero-order chi connectivity index (χ0) is 14.0. The van der Waals surface area contributed by atoms with E-state index in [1.807, 2.05) is 41.6 Å². The van der Waals surface area contributed by atoms with Crippen molar-refractivity contribution >= 4 is 50.1 Å². The summed E-state index contributed by atoms with van der Waals surface area (Å²) in [6.07, 6.45) is 0. The van der Waals surface area contributed by atoms with Gasteiger partial charge >= 0.3 is 0 Å². The molecular weight excluding hydrogens is 424 g/mol. The minimum atomic E-state index is -0.318. The van der Waals surface area contributed by atoms with Crippen LogP contribution in [0.4, 0.5) is 10.1 Å². The van der Waals surface area contributed by atoms with Crippen LogP contribution in [-0.2, 0) is 0 Å². The van der Waals surface area contributed by atoms with Crippen LogP contribution in [0.5, 0.6) is 0 Å². The van der Waals surface area contributed by atoms with Gasteiger partial charge in [0, 0.05) is 13.6 Å². The Morgan fingerprint density at radius 1 is 1.32 bits per heavy atom. The van der Waals surface area contributed by atoms with Gasteiger partial charge < -0.3 is 5.32 Å². The number of benzene rings is 2. The molecule has 1 N–H and O–H groups in total. The van der Waals surface area contributed by atoms with Crippen molar-refractivity contribution in [2.45, 2.75) is 6.92 Å². The Labute approximate surface area is 132 Å². The summed E-state index contributed by atoms with van der Waals surface area (Å²) in [4.78, 5) is 12.2. The van der Waals surface area contributed by atoms with Gasteiger partial charge in [-0.1, -0.05) is 22.0 Å². The molecule has 1 amide bonds. The maximum atomic E-state index is 13.0. The summed E-state index contributed by atoms with van der Waals surface area (Å²) in [5, 5.41) is 2.79. The van der Waals surface area contributed by atoms with E-state index < -0.39 is 0 Å². The predicted octanol–water partition coefficient (Wildman–Crippen LogP) is 4.75. The topological polar surface area (TPSA) is 29.1 Å². The van der Waals surface area contributed by atoms with Crippen LogP contribution in [0, 0.1) is 16.3 Å². The molecule has 19 heavy (non-hydrogen) atoms. The molecule has 0 spiro atoms.